The summed E-state index contributed by atoms with van der Waals surface area (Å²) in [5.74, 6) is -1.24. The van der Waals surface area contributed by atoms with Crippen LogP contribution in [0.25, 0.3) is 5.69 Å². The summed E-state index contributed by atoms with van der Waals surface area (Å²) in [6.07, 6.45) is 0. The number of nitrogens with zero attached hydrogens (tertiary/aromatic N) is 1. The lowest BCUT2D eigenvalue weighted by Gasteiger charge is -2.10. The molecule has 27 heavy (non-hydrogen) atoms. The highest BCUT2D eigenvalue weighted by molar-refractivity contribution is 6.30. The van der Waals surface area contributed by atoms with Gasteiger partial charge in [0.1, 0.15) is 5.82 Å². The number of aromatic carboxylic acids is 1. The van der Waals surface area contributed by atoms with Gasteiger partial charge in [0.25, 0.3) is 0 Å². The molecule has 3 aromatic rings. The highest BCUT2D eigenvalue weighted by atomic mass is 35.5. The zero-order chi connectivity index (χ0) is 19.6. The molecule has 0 bridgehead atoms. The third-order valence-corrected chi connectivity index (χ3v) is 4.87. The Hall–Kier alpha value is -2.63. The quantitative estimate of drug-likeness (QED) is 0.635. The predicted molar refractivity (Wildman–Crippen MR) is 104 cm³/mol. The molecule has 6 heteroatoms. The third-order valence-electron chi connectivity index (χ3n) is 4.61. The van der Waals surface area contributed by atoms with Gasteiger partial charge in [0.2, 0.25) is 0 Å². The van der Waals surface area contributed by atoms with E-state index in [2.05, 4.69) is 5.32 Å². The fourth-order valence-electron chi connectivity index (χ4n) is 3.31. The number of rotatable bonds is 6. The average Bonchev–Trinajstić information content (AvgIpc) is 2.88. The number of halogens is 2. The number of benzene rings is 2. The Balaban J connectivity index is 1.89. The summed E-state index contributed by atoms with van der Waals surface area (Å²) >= 11 is 5.97. The molecule has 0 atom stereocenters. The van der Waals surface area contributed by atoms with Gasteiger partial charge in [-0.05, 0) is 55.8 Å². The van der Waals surface area contributed by atoms with Crippen LogP contribution in [0.5, 0.6) is 0 Å². The van der Waals surface area contributed by atoms with E-state index in [1.165, 1.54) is 12.1 Å². The first-order valence-electron chi connectivity index (χ1n) is 8.53. The van der Waals surface area contributed by atoms with Crippen LogP contribution in [0.1, 0.15) is 32.9 Å². The summed E-state index contributed by atoms with van der Waals surface area (Å²) in [5.41, 5.74) is 4.35. The van der Waals surface area contributed by atoms with Gasteiger partial charge >= 0.3 is 5.97 Å². The monoisotopic (exact) mass is 386 g/mol. The number of carboxylic acids is 1. The molecular formula is C21H20ClFN2O2. The fraction of sp³-hybridized carbons (Fsp3) is 0.190. The molecule has 0 saturated heterocycles. The number of carboxylic acid groups (broad SMARTS) is 1. The Labute approximate surface area is 162 Å². The molecule has 0 aliphatic heterocycles. The summed E-state index contributed by atoms with van der Waals surface area (Å²) in [6.45, 7) is 4.62. The smallest absolute Gasteiger partial charge is 0.337 e. The second-order valence-corrected chi connectivity index (χ2v) is 6.81. The topological polar surface area (TPSA) is 54.3 Å². The molecule has 2 N–H and O–H groups in total. The van der Waals surface area contributed by atoms with Crippen molar-refractivity contribution in [1.29, 1.82) is 0 Å². The van der Waals surface area contributed by atoms with Crippen molar-refractivity contribution in [2.24, 2.45) is 0 Å². The molecule has 0 aliphatic rings. The van der Waals surface area contributed by atoms with E-state index in [0.717, 1.165) is 22.5 Å². The van der Waals surface area contributed by atoms with E-state index >= 15 is 0 Å². The minimum absolute atomic E-state index is 0.279. The van der Waals surface area contributed by atoms with Crippen LogP contribution in [0.15, 0.2) is 48.5 Å². The number of carbonyl (C=O) groups is 1. The van der Waals surface area contributed by atoms with Crippen LogP contribution in [0.3, 0.4) is 0 Å². The molecule has 0 unspecified atom stereocenters. The van der Waals surface area contributed by atoms with Crippen LogP contribution in [-0.2, 0) is 13.1 Å². The van der Waals surface area contributed by atoms with Crippen LogP contribution in [0.2, 0.25) is 5.02 Å². The van der Waals surface area contributed by atoms with Gasteiger partial charge in [-0.2, -0.15) is 0 Å². The molecule has 2 aromatic carbocycles. The minimum Gasteiger partial charge on any atom is -0.478 e. The maximum absolute atomic E-state index is 13.0. The first-order valence-corrected chi connectivity index (χ1v) is 8.91. The lowest BCUT2D eigenvalue weighted by Crippen LogP contribution is -2.15. The van der Waals surface area contributed by atoms with Crippen molar-refractivity contribution in [3.8, 4) is 5.69 Å². The largest absolute Gasteiger partial charge is 0.478 e. The molecular weight excluding hydrogens is 367 g/mol. The maximum Gasteiger partial charge on any atom is 0.337 e. The minimum atomic E-state index is -0.957. The van der Waals surface area contributed by atoms with Gasteiger partial charge in [-0.15, -0.1) is 0 Å². The summed E-state index contributed by atoms with van der Waals surface area (Å²) in [6, 6.07) is 13.5. The second kappa shape index (κ2) is 7.94. The molecule has 3 rings (SSSR count). The lowest BCUT2D eigenvalue weighted by atomic mass is 10.1. The molecule has 0 aliphatic carbocycles. The molecule has 4 nitrogen and oxygen atoms in total. The van der Waals surface area contributed by atoms with Crippen molar-refractivity contribution in [3.05, 3.63) is 87.4 Å². The van der Waals surface area contributed by atoms with Gasteiger partial charge in [0.05, 0.1) is 5.56 Å². The number of hydrogen-bond donors (Lipinski definition) is 2. The van der Waals surface area contributed by atoms with Crippen molar-refractivity contribution in [3.63, 3.8) is 0 Å². The SMILES string of the molecule is Cc1c(CNCc2ccc(F)cc2)c(C(=O)O)c(C)n1-c1ccc(Cl)cc1. The molecule has 0 spiro atoms. The van der Waals surface area contributed by atoms with Gasteiger partial charge < -0.3 is 15.0 Å². The van der Waals surface area contributed by atoms with Crippen molar-refractivity contribution in [2.75, 3.05) is 0 Å². The van der Waals surface area contributed by atoms with Crippen LogP contribution < -0.4 is 5.32 Å². The number of aromatic nitrogens is 1. The summed E-state index contributed by atoms with van der Waals surface area (Å²) in [7, 11) is 0. The standard InChI is InChI=1S/C21H20ClFN2O2/c1-13-19(12-24-11-15-3-7-17(23)8-4-15)20(21(26)27)14(2)25(13)18-9-5-16(22)6-10-18/h3-10,24H,11-12H2,1-2H3,(H,26,27). The van der Waals surface area contributed by atoms with E-state index in [9.17, 15) is 14.3 Å². The summed E-state index contributed by atoms with van der Waals surface area (Å²) in [5, 5.41) is 13.6. The van der Waals surface area contributed by atoms with Crippen LogP contribution in [0.4, 0.5) is 4.39 Å². The van der Waals surface area contributed by atoms with Crippen molar-refractivity contribution < 1.29 is 14.3 Å². The fourth-order valence-corrected chi connectivity index (χ4v) is 3.44. The first kappa shape index (κ1) is 19.1. The first-order chi connectivity index (χ1) is 12.9. The Bertz CT molecular complexity index is 963. The van der Waals surface area contributed by atoms with E-state index in [4.69, 9.17) is 11.6 Å². The van der Waals surface area contributed by atoms with Gasteiger partial charge in [-0.1, -0.05) is 23.7 Å². The molecule has 1 heterocycles. The molecule has 1 aromatic heterocycles. The van der Waals surface area contributed by atoms with Gasteiger partial charge in [-0.25, -0.2) is 9.18 Å². The van der Waals surface area contributed by atoms with Gasteiger partial charge in [0, 0.05) is 40.8 Å². The molecule has 0 radical (unpaired) electrons. The Morgan fingerprint density at radius 2 is 1.67 bits per heavy atom. The highest BCUT2D eigenvalue weighted by Gasteiger charge is 2.23. The zero-order valence-electron chi connectivity index (χ0n) is 15.1. The van der Waals surface area contributed by atoms with Crippen molar-refractivity contribution in [2.45, 2.75) is 26.9 Å². The number of hydrogen-bond acceptors (Lipinski definition) is 2. The normalized spacial score (nSPS) is 11.0. The van der Waals surface area contributed by atoms with Crippen LogP contribution in [-0.4, -0.2) is 15.6 Å². The predicted octanol–water partition coefficient (Wildman–Crippen LogP) is 4.87. The Morgan fingerprint density at radius 1 is 1.04 bits per heavy atom. The van der Waals surface area contributed by atoms with Crippen LogP contribution in [0, 0.1) is 19.7 Å². The van der Waals surface area contributed by atoms with Crippen LogP contribution >= 0.6 is 11.6 Å². The average molecular weight is 387 g/mol. The molecule has 0 fully saturated rings. The van der Waals surface area contributed by atoms with Crippen molar-refractivity contribution >= 4 is 17.6 Å². The van der Waals surface area contributed by atoms with E-state index < -0.39 is 5.97 Å². The van der Waals surface area contributed by atoms with E-state index in [-0.39, 0.29) is 5.82 Å². The molecule has 140 valence electrons. The number of nitrogens with one attached hydrogen (secondary N) is 1. The summed E-state index contributed by atoms with van der Waals surface area (Å²) in [4.78, 5) is 11.9. The molecule has 0 amide bonds. The highest BCUT2D eigenvalue weighted by Crippen LogP contribution is 2.27. The third kappa shape index (κ3) is 4.04. The second-order valence-electron chi connectivity index (χ2n) is 6.37. The lowest BCUT2D eigenvalue weighted by molar-refractivity contribution is 0.0695. The molecule has 0 saturated carbocycles. The van der Waals surface area contributed by atoms with E-state index in [1.807, 2.05) is 23.6 Å². The maximum atomic E-state index is 13.0. The Kier molecular flexibility index (Phi) is 5.63. The van der Waals surface area contributed by atoms with Gasteiger partial charge in [0.15, 0.2) is 0 Å². The zero-order valence-corrected chi connectivity index (χ0v) is 15.8. The van der Waals surface area contributed by atoms with Gasteiger partial charge in [-0.3, -0.25) is 0 Å². The van der Waals surface area contributed by atoms with E-state index in [0.29, 0.717) is 29.4 Å². The van der Waals surface area contributed by atoms with Crippen molar-refractivity contribution in [1.82, 2.24) is 9.88 Å². The summed E-state index contributed by atoms with van der Waals surface area (Å²) < 4.78 is 14.9. The Morgan fingerprint density at radius 3 is 2.26 bits per heavy atom. The van der Waals surface area contributed by atoms with E-state index in [1.54, 1.807) is 31.2 Å².